The van der Waals surface area contributed by atoms with Gasteiger partial charge in [-0.05, 0) is 44.0 Å². The Kier molecular flexibility index (Phi) is 6.54. The molecule has 1 aromatic carbocycles. The fourth-order valence-corrected chi connectivity index (χ4v) is 4.60. The zero-order valence-corrected chi connectivity index (χ0v) is 16.8. The van der Waals surface area contributed by atoms with Gasteiger partial charge in [-0.1, -0.05) is 12.8 Å². The molecule has 0 bridgehead atoms. The number of anilines is 1. The molecule has 6 nitrogen and oxygen atoms in total. The minimum atomic E-state index is -4.57. The summed E-state index contributed by atoms with van der Waals surface area (Å²) in [5.41, 5.74) is 0.788. The molecule has 1 aromatic rings. The molecule has 1 aliphatic carbocycles. The van der Waals surface area contributed by atoms with Crippen LogP contribution in [0.15, 0.2) is 29.2 Å². The molecule has 1 unspecified atom stereocenters. The van der Waals surface area contributed by atoms with Crippen molar-refractivity contribution in [2.45, 2.75) is 55.3 Å². The number of alkyl halides is 2. The predicted octanol–water partition coefficient (Wildman–Crippen LogP) is 2.25. The zero-order valence-electron chi connectivity index (χ0n) is 16.0. The second kappa shape index (κ2) is 8.73. The number of halogens is 2. The molecule has 0 spiro atoms. The van der Waals surface area contributed by atoms with Crippen molar-refractivity contribution in [2.24, 2.45) is 0 Å². The topological polar surface area (TPSA) is 69.7 Å². The highest BCUT2D eigenvalue weighted by Crippen LogP contribution is 2.23. The number of carbonyl (C=O) groups excluding carboxylic acids is 1. The van der Waals surface area contributed by atoms with E-state index in [4.69, 9.17) is 0 Å². The fraction of sp³-hybridized carbons (Fsp3) is 0.632. The molecule has 9 heteroatoms. The van der Waals surface area contributed by atoms with Crippen LogP contribution in [-0.4, -0.2) is 63.2 Å². The van der Waals surface area contributed by atoms with E-state index in [1.165, 1.54) is 25.0 Å². The van der Waals surface area contributed by atoms with Crippen LogP contribution >= 0.6 is 0 Å². The van der Waals surface area contributed by atoms with Crippen LogP contribution in [0.1, 0.15) is 32.6 Å². The lowest BCUT2D eigenvalue weighted by Gasteiger charge is -2.38. The van der Waals surface area contributed by atoms with E-state index in [1.54, 1.807) is 12.1 Å². The van der Waals surface area contributed by atoms with Gasteiger partial charge in [0.15, 0.2) is 0 Å². The van der Waals surface area contributed by atoms with Crippen molar-refractivity contribution in [1.82, 2.24) is 10.2 Å². The molecule has 1 amide bonds. The Balaban J connectivity index is 1.54. The van der Waals surface area contributed by atoms with E-state index in [1.807, 2.05) is 6.92 Å². The maximum atomic E-state index is 12.6. The fourth-order valence-electron chi connectivity index (χ4n) is 3.87. The highest BCUT2D eigenvalue weighted by molar-refractivity contribution is 7.91. The lowest BCUT2D eigenvalue weighted by atomic mass is 10.1. The van der Waals surface area contributed by atoms with E-state index >= 15 is 0 Å². The standard InChI is InChI=1S/C19H27F2N3O3S/c1-14(18(25)22-15-4-2-3-5-15)23-10-12-24(13-11-23)16-6-8-17(9-7-16)28(26,27)19(20)21/h6-9,14-15,19H,2-5,10-13H2,1H3,(H,22,25). The number of sulfone groups is 1. The van der Waals surface area contributed by atoms with Gasteiger partial charge in [0.25, 0.3) is 0 Å². The maximum Gasteiger partial charge on any atom is 0.341 e. The van der Waals surface area contributed by atoms with E-state index < -0.39 is 15.6 Å². The molecule has 3 rings (SSSR count). The van der Waals surface area contributed by atoms with Gasteiger partial charge in [0.05, 0.1) is 10.9 Å². The molecule has 1 aliphatic heterocycles. The Labute approximate surface area is 164 Å². The third-order valence-corrected chi connectivity index (χ3v) is 7.11. The third-order valence-electron chi connectivity index (χ3n) is 5.71. The number of nitrogens with zero attached hydrogens (tertiary/aromatic N) is 2. The second-order valence-corrected chi connectivity index (χ2v) is 9.41. The first kappa shape index (κ1) is 21.0. The van der Waals surface area contributed by atoms with Gasteiger partial charge in [-0.3, -0.25) is 9.69 Å². The van der Waals surface area contributed by atoms with Crippen molar-refractivity contribution in [3.8, 4) is 0 Å². The molecule has 1 heterocycles. The Morgan fingerprint density at radius 3 is 2.18 bits per heavy atom. The molecule has 0 aromatic heterocycles. The monoisotopic (exact) mass is 415 g/mol. The van der Waals surface area contributed by atoms with Crippen molar-refractivity contribution in [1.29, 1.82) is 0 Å². The molecule has 1 N–H and O–H groups in total. The minimum Gasteiger partial charge on any atom is -0.369 e. The molecule has 28 heavy (non-hydrogen) atoms. The van der Waals surface area contributed by atoms with E-state index in [0.717, 1.165) is 18.5 Å². The highest BCUT2D eigenvalue weighted by atomic mass is 32.2. The summed E-state index contributed by atoms with van der Waals surface area (Å²) >= 11 is 0. The average Bonchev–Trinajstić information content (AvgIpc) is 3.20. The molecule has 156 valence electrons. The molecule has 2 fully saturated rings. The van der Waals surface area contributed by atoms with E-state index in [-0.39, 0.29) is 16.8 Å². The van der Waals surface area contributed by atoms with Gasteiger partial charge in [-0.25, -0.2) is 8.42 Å². The first-order valence-electron chi connectivity index (χ1n) is 9.70. The summed E-state index contributed by atoms with van der Waals surface area (Å²) in [5, 5.41) is 3.14. The number of hydrogen-bond acceptors (Lipinski definition) is 5. The van der Waals surface area contributed by atoms with Crippen molar-refractivity contribution in [3.63, 3.8) is 0 Å². The normalized spacial score (nSPS) is 20.5. The Morgan fingerprint density at radius 1 is 1.07 bits per heavy atom. The predicted molar refractivity (Wildman–Crippen MR) is 103 cm³/mol. The van der Waals surface area contributed by atoms with Crippen LogP contribution in [0.3, 0.4) is 0 Å². The zero-order chi connectivity index (χ0) is 20.3. The van der Waals surface area contributed by atoms with Gasteiger partial charge in [-0.2, -0.15) is 8.78 Å². The van der Waals surface area contributed by atoms with Crippen LogP contribution in [0.4, 0.5) is 14.5 Å². The number of rotatable bonds is 6. The lowest BCUT2D eigenvalue weighted by molar-refractivity contribution is -0.126. The Bertz CT molecular complexity index is 772. The van der Waals surface area contributed by atoms with E-state index in [9.17, 15) is 22.0 Å². The first-order valence-corrected chi connectivity index (χ1v) is 11.2. The SMILES string of the molecule is CC(C(=O)NC1CCCC1)N1CCN(c2ccc(S(=O)(=O)C(F)F)cc2)CC1. The van der Waals surface area contributed by atoms with Crippen molar-refractivity contribution >= 4 is 21.4 Å². The second-order valence-electron chi connectivity index (χ2n) is 7.49. The summed E-state index contributed by atoms with van der Waals surface area (Å²) in [6.07, 6.45) is 4.47. The van der Waals surface area contributed by atoms with Crippen LogP contribution in [0.25, 0.3) is 0 Å². The number of hydrogen-bond donors (Lipinski definition) is 1. The van der Waals surface area contributed by atoms with Crippen molar-refractivity contribution < 1.29 is 22.0 Å². The Hall–Kier alpha value is -1.74. The van der Waals surface area contributed by atoms with Crippen LogP contribution in [0, 0.1) is 0 Å². The number of benzene rings is 1. The van der Waals surface area contributed by atoms with Crippen molar-refractivity contribution in [2.75, 3.05) is 31.1 Å². The largest absolute Gasteiger partial charge is 0.369 e. The molecular weight excluding hydrogens is 388 g/mol. The van der Waals surface area contributed by atoms with Crippen LogP contribution in [0.2, 0.25) is 0 Å². The van der Waals surface area contributed by atoms with Gasteiger partial charge in [0.2, 0.25) is 15.7 Å². The number of piperazine rings is 1. The maximum absolute atomic E-state index is 12.6. The summed E-state index contributed by atoms with van der Waals surface area (Å²) < 4.78 is 48.3. The number of amides is 1. The lowest BCUT2D eigenvalue weighted by Crippen LogP contribution is -2.54. The van der Waals surface area contributed by atoms with Gasteiger partial charge in [0, 0.05) is 37.9 Å². The molecule has 1 saturated heterocycles. The van der Waals surface area contributed by atoms with Crippen LogP contribution in [-0.2, 0) is 14.6 Å². The van der Waals surface area contributed by atoms with Gasteiger partial charge in [0.1, 0.15) is 0 Å². The molecule has 1 atom stereocenters. The van der Waals surface area contributed by atoms with Gasteiger partial charge in [-0.15, -0.1) is 0 Å². The Morgan fingerprint density at radius 2 is 1.64 bits per heavy atom. The molecule has 1 saturated carbocycles. The summed E-state index contributed by atoms with van der Waals surface area (Å²) in [5.74, 6) is -3.35. The number of nitrogens with one attached hydrogen (secondary N) is 1. The first-order chi connectivity index (χ1) is 13.3. The third kappa shape index (κ3) is 4.63. The molecular formula is C19H27F2N3O3S. The van der Waals surface area contributed by atoms with Crippen molar-refractivity contribution in [3.05, 3.63) is 24.3 Å². The van der Waals surface area contributed by atoms with Gasteiger partial charge < -0.3 is 10.2 Å². The summed E-state index contributed by atoms with van der Waals surface area (Å²) in [6.45, 7) is 4.70. The van der Waals surface area contributed by atoms with Crippen LogP contribution in [0.5, 0.6) is 0 Å². The average molecular weight is 416 g/mol. The van der Waals surface area contributed by atoms with Gasteiger partial charge >= 0.3 is 5.76 Å². The minimum absolute atomic E-state index is 0.0712. The molecule has 0 radical (unpaired) electrons. The van der Waals surface area contributed by atoms with E-state index in [0.29, 0.717) is 32.2 Å². The highest BCUT2D eigenvalue weighted by Gasteiger charge is 2.29. The summed E-state index contributed by atoms with van der Waals surface area (Å²) in [7, 11) is -4.57. The van der Waals surface area contributed by atoms with E-state index in [2.05, 4.69) is 15.1 Å². The molecule has 2 aliphatic rings. The smallest absolute Gasteiger partial charge is 0.341 e. The van der Waals surface area contributed by atoms with Crippen LogP contribution < -0.4 is 10.2 Å². The number of carbonyl (C=O) groups is 1. The summed E-state index contributed by atoms with van der Waals surface area (Å²) in [6, 6.07) is 5.67. The summed E-state index contributed by atoms with van der Waals surface area (Å²) in [4.78, 5) is 16.3. The quantitative estimate of drug-likeness (QED) is 0.772.